The first kappa shape index (κ1) is 10.6. The Balaban J connectivity index is 2.35. The number of nitrogens with zero attached hydrogens (tertiary/aromatic N) is 2. The molecule has 0 unspecified atom stereocenters. The van der Waals surface area contributed by atoms with Crippen LogP contribution in [0.25, 0.3) is 5.69 Å². The van der Waals surface area contributed by atoms with Gasteiger partial charge in [-0.25, -0.2) is 4.68 Å². The van der Waals surface area contributed by atoms with E-state index in [2.05, 4.69) is 23.5 Å². The third-order valence-electron chi connectivity index (χ3n) is 2.10. The molecule has 0 fully saturated rings. The molecule has 0 saturated carbocycles. The lowest BCUT2D eigenvalue weighted by atomic mass is 10.3. The molecule has 15 heavy (non-hydrogen) atoms. The summed E-state index contributed by atoms with van der Waals surface area (Å²) < 4.78 is 1.84. The molecule has 4 heteroatoms. The van der Waals surface area contributed by atoms with Crippen molar-refractivity contribution in [3.05, 3.63) is 42.2 Å². The van der Waals surface area contributed by atoms with Gasteiger partial charge in [-0.1, -0.05) is 6.07 Å². The van der Waals surface area contributed by atoms with Crippen molar-refractivity contribution in [2.24, 2.45) is 0 Å². The average Bonchev–Trinajstić information content (AvgIpc) is 2.78. The van der Waals surface area contributed by atoms with Gasteiger partial charge in [0.15, 0.2) is 0 Å². The predicted octanol–water partition coefficient (Wildman–Crippen LogP) is 3.33. The third-order valence-corrected chi connectivity index (χ3v) is 3.10. The largest absolute Gasteiger partial charge is 0.241 e. The Bertz CT molecular complexity index is 453. The minimum absolute atomic E-state index is 0.454. The molecule has 0 radical (unpaired) electrons. The van der Waals surface area contributed by atoms with Crippen LogP contribution in [0.3, 0.4) is 0 Å². The van der Waals surface area contributed by atoms with E-state index in [0.717, 1.165) is 11.4 Å². The lowest BCUT2D eigenvalue weighted by Gasteiger charge is -2.02. The summed E-state index contributed by atoms with van der Waals surface area (Å²) in [5.41, 5.74) is 1.96. The maximum absolute atomic E-state index is 5.71. The maximum Gasteiger partial charge on any atom is 0.0776 e. The molecular formula is C11H11ClN2S. The number of hydrogen-bond acceptors (Lipinski definition) is 2. The molecule has 0 N–H and O–H groups in total. The van der Waals surface area contributed by atoms with Crippen LogP contribution in [-0.2, 0) is 5.88 Å². The average molecular weight is 239 g/mol. The molecule has 2 aromatic rings. The van der Waals surface area contributed by atoms with E-state index in [1.165, 1.54) is 4.90 Å². The van der Waals surface area contributed by atoms with Crippen molar-refractivity contribution in [3.8, 4) is 5.69 Å². The molecule has 0 aliphatic carbocycles. The van der Waals surface area contributed by atoms with Gasteiger partial charge in [-0.2, -0.15) is 5.10 Å². The van der Waals surface area contributed by atoms with E-state index in [4.69, 9.17) is 11.6 Å². The topological polar surface area (TPSA) is 17.8 Å². The Morgan fingerprint density at radius 2 is 2.27 bits per heavy atom. The normalized spacial score (nSPS) is 10.5. The molecule has 78 valence electrons. The molecule has 1 aromatic carbocycles. The highest BCUT2D eigenvalue weighted by Gasteiger charge is 2.00. The summed E-state index contributed by atoms with van der Waals surface area (Å²) in [6.07, 6.45) is 3.99. The number of rotatable bonds is 3. The van der Waals surface area contributed by atoms with E-state index in [1.54, 1.807) is 11.8 Å². The van der Waals surface area contributed by atoms with Gasteiger partial charge < -0.3 is 0 Å². The molecule has 1 aromatic heterocycles. The predicted molar refractivity (Wildman–Crippen MR) is 64.9 cm³/mol. The highest BCUT2D eigenvalue weighted by Crippen LogP contribution is 2.18. The van der Waals surface area contributed by atoms with Crippen molar-refractivity contribution in [1.29, 1.82) is 0 Å². The summed E-state index contributed by atoms with van der Waals surface area (Å²) in [7, 11) is 0. The van der Waals surface area contributed by atoms with Crippen LogP contribution in [0.2, 0.25) is 0 Å². The van der Waals surface area contributed by atoms with E-state index < -0.39 is 0 Å². The van der Waals surface area contributed by atoms with Crippen LogP contribution < -0.4 is 0 Å². The zero-order valence-corrected chi connectivity index (χ0v) is 9.92. The number of aromatic nitrogens is 2. The third kappa shape index (κ3) is 2.36. The van der Waals surface area contributed by atoms with Gasteiger partial charge in [0, 0.05) is 11.1 Å². The first-order valence-corrected chi connectivity index (χ1v) is 6.34. The van der Waals surface area contributed by atoms with E-state index in [-0.39, 0.29) is 0 Å². The first-order chi connectivity index (χ1) is 7.33. The van der Waals surface area contributed by atoms with Crippen LogP contribution in [-0.4, -0.2) is 16.0 Å². The number of hydrogen-bond donors (Lipinski definition) is 0. The van der Waals surface area contributed by atoms with Crippen molar-refractivity contribution in [1.82, 2.24) is 9.78 Å². The van der Waals surface area contributed by atoms with Crippen LogP contribution in [0, 0.1) is 0 Å². The molecule has 2 rings (SSSR count). The second-order valence-corrected chi connectivity index (χ2v) is 4.23. The van der Waals surface area contributed by atoms with E-state index >= 15 is 0 Å². The molecule has 0 atom stereocenters. The SMILES string of the molecule is CSc1cccc(-n2ccc(CCl)n2)c1. The van der Waals surface area contributed by atoms with Crippen molar-refractivity contribution < 1.29 is 0 Å². The van der Waals surface area contributed by atoms with E-state index in [1.807, 2.05) is 29.1 Å². The van der Waals surface area contributed by atoms with Crippen LogP contribution in [0.5, 0.6) is 0 Å². The van der Waals surface area contributed by atoms with Crippen molar-refractivity contribution in [3.63, 3.8) is 0 Å². The van der Waals surface area contributed by atoms with Gasteiger partial charge >= 0.3 is 0 Å². The van der Waals surface area contributed by atoms with Gasteiger partial charge in [-0.15, -0.1) is 23.4 Å². The van der Waals surface area contributed by atoms with Gasteiger partial charge in [0.05, 0.1) is 17.3 Å². The molecule has 2 nitrogen and oxygen atoms in total. The second kappa shape index (κ2) is 4.73. The van der Waals surface area contributed by atoms with Crippen LogP contribution in [0.1, 0.15) is 5.69 Å². The van der Waals surface area contributed by atoms with Crippen molar-refractivity contribution in [2.75, 3.05) is 6.26 Å². The smallest absolute Gasteiger partial charge is 0.0776 e. The van der Waals surface area contributed by atoms with Gasteiger partial charge in [-0.3, -0.25) is 0 Å². The summed E-state index contributed by atoms with van der Waals surface area (Å²) in [6.45, 7) is 0. The summed E-state index contributed by atoms with van der Waals surface area (Å²) in [4.78, 5) is 1.23. The number of alkyl halides is 1. The molecule has 0 amide bonds. The van der Waals surface area contributed by atoms with Crippen molar-refractivity contribution >= 4 is 23.4 Å². The number of benzene rings is 1. The van der Waals surface area contributed by atoms with Crippen molar-refractivity contribution in [2.45, 2.75) is 10.8 Å². The summed E-state index contributed by atoms with van der Waals surface area (Å²) >= 11 is 7.43. The second-order valence-electron chi connectivity index (χ2n) is 3.09. The van der Waals surface area contributed by atoms with E-state index in [9.17, 15) is 0 Å². The fourth-order valence-corrected chi connectivity index (χ4v) is 1.93. The zero-order valence-electron chi connectivity index (χ0n) is 8.35. The first-order valence-electron chi connectivity index (χ1n) is 4.58. The Morgan fingerprint density at radius 1 is 1.40 bits per heavy atom. The number of halogens is 1. The molecule has 0 aliphatic rings. The Morgan fingerprint density at radius 3 is 2.93 bits per heavy atom. The van der Waals surface area contributed by atoms with Crippen LogP contribution in [0.4, 0.5) is 0 Å². The molecule has 1 heterocycles. The van der Waals surface area contributed by atoms with E-state index in [0.29, 0.717) is 5.88 Å². The van der Waals surface area contributed by atoms with Gasteiger partial charge in [-0.05, 0) is 30.5 Å². The Labute approximate surface area is 98.3 Å². The minimum Gasteiger partial charge on any atom is -0.241 e. The zero-order chi connectivity index (χ0) is 10.7. The number of thioether (sulfide) groups is 1. The molecular weight excluding hydrogens is 228 g/mol. The highest BCUT2D eigenvalue weighted by atomic mass is 35.5. The molecule has 0 spiro atoms. The monoisotopic (exact) mass is 238 g/mol. The highest BCUT2D eigenvalue weighted by molar-refractivity contribution is 7.98. The summed E-state index contributed by atoms with van der Waals surface area (Å²) in [5, 5.41) is 4.35. The maximum atomic E-state index is 5.71. The Hall–Kier alpha value is -0.930. The Kier molecular flexibility index (Phi) is 3.34. The van der Waals surface area contributed by atoms with Crippen LogP contribution in [0.15, 0.2) is 41.4 Å². The minimum atomic E-state index is 0.454. The lowest BCUT2D eigenvalue weighted by molar-refractivity contribution is 0.856. The quantitative estimate of drug-likeness (QED) is 0.603. The summed E-state index contributed by atoms with van der Waals surface area (Å²) in [5.74, 6) is 0.454. The van der Waals surface area contributed by atoms with Crippen LogP contribution >= 0.6 is 23.4 Å². The standard InChI is InChI=1S/C11H11ClN2S/c1-15-11-4-2-3-10(7-11)14-6-5-9(8-12)13-14/h2-7H,8H2,1H3. The fourth-order valence-electron chi connectivity index (χ4n) is 1.33. The molecule has 0 bridgehead atoms. The molecule has 0 aliphatic heterocycles. The lowest BCUT2D eigenvalue weighted by Crippen LogP contribution is -1.95. The van der Waals surface area contributed by atoms with Gasteiger partial charge in [0.2, 0.25) is 0 Å². The van der Waals surface area contributed by atoms with Gasteiger partial charge in [0.1, 0.15) is 0 Å². The summed E-state index contributed by atoms with van der Waals surface area (Å²) in [6, 6.07) is 10.2. The molecule has 0 saturated heterocycles. The van der Waals surface area contributed by atoms with Gasteiger partial charge in [0.25, 0.3) is 0 Å². The fraction of sp³-hybridized carbons (Fsp3) is 0.182.